The van der Waals surface area contributed by atoms with Crippen molar-refractivity contribution in [1.82, 2.24) is 14.9 Å². The van der Waals surface area contributed by atoms with Gasteiger partial charge in [0.2, 0.25) is 4.77 Å². The Labute approximate surface area is 146 Å². The third kappa shape index (κ3) is 3.15. The molecule has 0 bridgehead atoms. The van der Waals surface area contributed by atoms with Gasteiger partial charge < -0.3 is 0 Å². The topological polar surface area (TPSA) is 46.0 Å². The van der Waals surface area contributed by atoms with Gasteiger partial charge in [0.05, 0.1) is 11.2 Å². The first-order valence-corrected chi connectivity index (χ1v) is 8.26. The molecule has 112 valence electrons. The Morgan fingerprint density at radius 1 is 1.32 bits per heavy atom. The number of nitrogens with zero attached hydrogens (tertiary/aromatic N) is 3. The second-order valence-electron chi connectivity index (χ2n) is 4.48. The molecule has 2 heterocycles. The number of aromatic amines is 1. The van der Waals surface area contributed by atoms with E-state index in [0.717, 1.165) is 4.88 Å². The third-order valence-corrected chi connectivity index (χ3v) is 4.63. The Balaban J connectivity index is 2.04. The van der Waals surface area contributed by atoms with Crippen molar-refractivity contribution in [2.24, 2.45) is 5.10 Å². The molecule has 0 fully saturated rings. The zero-order valence-electron chi connectivity index (χ0n) is 11.4. The van der Waals surface area contributed by atoms with Crippen molar-refractivity contribution in [1.29, 1.82) is 0 Å². The van der Waals surface area contributed by atoms with E-state index >= 15 is 0 Å². The van der Waals surface area contributed by atoms with Gasteiger partial charge in [0, 0.05) is 20.3 Å². The molecule has 22 heavy (non-hydrogen) atoms. The van der Waals surface area contributed by atoms with Gasteiger partial charge in [0.1, 0.15) is 0 Å². The first-order chi connectivity index (χ1) is 10.5. The molecule has 0 saturated carbocycles. The lowest BCUT2D eigenvalue weighted by Crippen LogP contribution is -1.95. The van der Waals surface area contributed by atoms with Gasteiger partial charge in [-0.1, -0.05) is 23.2 Å². The Hall–Kier alpha value is -1.47. The van der Waals surface area contributed by atoms with E-state index in [1.807, 2.05) is 19.1 Å². The summed E-state index contributed by atoms with van der Waals surface area (Å²) in [6.45, 7) is 2.05. The number of aromatic nitrogens is 3. The average molecular weight is 369 g/mol. The van der Waals surface area contributed by atoms with Gasteiger partial charge in [-0.25, -0.2) is 5.10 Å². The summed E-state index contributed by atoms with van der Waals surface area (Å²) < 4.78 is 1.94. The van der Waals surface area contributed by atoms with Gasteiger partial charge in [0.15, 0.2) is 5.82 Å². The van der Waals surface area contributed by atoms with Crippen molar-refractivity contribution in [3.05, 3.63) is 54.9 Å². The minimum atomic E-state index is 0.394. The van der Waals surface area contributed by atoms with Gasteiger partial charge in [-0.05, 0) is 49.5 Å². The largest absolute Gasteiger partial charge is 0.250 e. The Morgan fingerprint density at radius 2 is 2.14 bits per heavy atom. The molecule has 0 radical (unpaired) electrons. The summed E-state index contributed by atoms with van der Waals surface area (Å²) in [7, 11) is 0. The normalized spacial score (nSPS) is 11.4. The highest BCUT2D eigenvalue weighted by atomic mass is 35.5. The molecular weight excluding hydrogens is 359 g/mol. The summed E-state index contributed by atoms with van der Waals surface area (Å²) >= 11 is 19.0. The number of hydrogen-bond acceptors (Lipinski definition) is 4. The van der Waals surface area contributed by atoms with Gasteiger partial charge in [-0.2, -0.15) is 14.9 Å². The zero-order chi connectivity index (χ0) is 15.7. The number of benzene rings is 1. The summed E-state index contributed by atoms with van der Waals surface area (Å²) in [5.41, 5.74) is 0.706. The molecule has 0 aliphatic heterocycles. The molecule has 2 aromatic heterocycles. The second-order valence-corrected chi connectivity index (χ2v) is 7.03. The number of aryl methyl sites for hydroxylation is 1. The molecule has 0 amide bonds. The monoisotopic (exact) mass is 368 g/mol. The third-order valence-electron chi connectivity index (χ3n) is 2.88. The molecule has 1 aromatic carbocycles. The fraction of sp³-hybridized carbons (Fsp3) is 0.0714. The number of thiophene rings is 1. The number of nitrogens with one attached hydrogen (secondary N) is 1. The lowest BCUT2D eigenvalue weighted by Gasteiger charge is -2.03. The van der Waals surface area contributed by atoms with Crippen LogP contribution in [0.5, 0.6) is 0 Å². The second kappa shape index (κ2) is 6.34. The maximum Gasteiger partial charge on any atom is 0.216 e. The van der Waals surface area contributed by atoms with Crippen LogP contribution in [0.25, 0.3) is 11.4 Å². The van der Waals surface area contributed by atoms with Crippen LogP contribution in [0.2, 0.25) is 10.0 Å². The fourth-order valence-electron chi connectivity index (χ4n) is 1.88. The van der Waals surface area contributed by atoms with Crippen molar-refractivity contribution in [3.63, 3.8) is 0 Å². The molecule has 0 aliphatic rings. The van der Waals surface area contributed by atoms with E-state index in [2.05, 4.69) is 15.3 Å². The van der Waals surface area contributed by atoms with Crippen LogP contribution in [-0.2, 0) is 0 Å². The predicted molar refractivity (Wildman–Crippen MR) is 94.9 cm³/mol. The van der Waals surface area contributed by atoms with E-state index in [1.165, 1.54) is 4.88 Å². The lowest BCUT2D eigenvalue weighted by atomic mass is 10.2. The smallest absolute Gasteiger partial charge is 0.216 e. The Kier molecular flexibility index (Phi) is 4.44. The molecule has 1 N–H and O–H groups in total. The van der Waals surface area contributed by atoms with Crippen LogP contribution in [0.3, 0.4) is 0 Å². The van der Waals surface area contributed by atoms with Crippen molar-refractivity contribution < 1.29 is 0 Å². The first-order valence-electron chi connectivity index (χ1n) is 6.28. The van der Waals surface area contributed by atoms with E-state index in [9.17, 15) is 0 Å². The quantitative estimate of drug-likeness (QED) is 0.512. The van der Waals surface area contributed by atoms with Crippen LogP contribution >= 0.6 is 46.8 Å². The Morgan fingerprint density at radius 3 is 2.82 bits per heavy atom. The van der Waals surface area contributed by atoms with Crippen LogP contribution in [0.15, 0.2) is 35.4 Å². The highest BCUT2D eigenvalue weighted by Crippen LogP contribution is 2.29. The summed E-state index contributed by atoms with van der Waals surface area (Å²) in [4.78, 5) is 2.26. The van der Waals surface area contributed by atoms with Crippen molar-refractivity contribution >= 4 is 53.0 Å². The number of hydrogen-bond donors (Lipinski definition) is 1. The highest BCUT2D eigenvalue weighted by molar-refractivity contribution is 7.71. The molecular formula is C14H10Cl2N4S2. The fourth-order valence-corrected chi connectivity index (χ4v) is 3.30. The van der Waals surface area contributed by atoms with Crippen molar-refractivity contribution in [2.45, 2.75) is 6.92 Å². The van der Waals surface area contributed by atoms with Crippen LogP contribution in [0.1, 0.15) is 9.75 Å². The van der Waals surface area contributed by atoms with E-state index in [-0.39, 0.29) is 0 Å². The average Bonchev–Trinajstić information content (AvgIpc) is 3.03. The maximum atomic E-state index is 6.23. The van der Waals surface area contributed by atoms with Gasteiger partial charge in [-0.3, -0.25) is 0 Å². The standard InChI is InChI=1S/C14H10Cl2N4S2/c1-8-2-4-10(22-8)7-17-20-13(18-19-14(20)21)11-5-3-9(15)6-12(11)16/h2-7H,1H3,(H,19,21)/b17-7-. The Bertz CT molecular complexity index is 908. The summed E-state index contributed by atoms with van der Waals surface area (Å²) in [6, 6.07) is 9.24. The minimum absolute atomic E-state index is 0.394. The van der Waals surface area contributed by atoms with Gasteiger partial charge >= 0.3 is 0 Å². The molecule has 0 atom stereocenters. The number of halogens is 2. The number of rotatable bonds is 3. The summed E-state index contributed by atoms with van der Waals surface area (Å²) in [5, 5.41) is 12.4. The maximum absolute atomic E-state index is 6.23. The van der Waals surface area contributed by atoms with Crippen LogP contribution in [0.4, 0.5) is 0 Å². The molecule has 0 spiro atoms. The van der Waals surface area contributed by atoms with Crippen molar-refractivity contribution in [2.75, 3.05) is 0 Å². The highest BCUT2D eigenvalue weighted by Gasteiger charge is 2.12. The van der Waals surface area contributed by atoms with E-state index in [4.69, 9.17) is 35.4 Å². The SMILES string of the molecule is Cc1ccc(/C=N\n2c(-c3ccc(Cl)cc3Cl)n[nH]c2=S)s1. The molecule has 0 aliphatic carbocycles. The zero-order valence-corrected chi connectivity index (χ0v) is 14.5. The van der Waals surface area contributed by atoms with Crippen LogP contribution < -0.4 is 0 Å². The minimum Gasteiger partial charge on any atom is -0.250 e. The molecule has 0 unspecified atom stereocenters. The predicted octanol–water partition coefficient (Wildman–Crippen LogP) is 5.17. The van der Waals surface area contributed by atoms with Crippen LogP contribution in [-0.4, -0.2) is 21.1 Å². The molecule has 3 rings (SSSR count). The summed E-state index contributed by atoms with van der Waals surface area (Å²) in [6.07, 6.45) is 1.75. The molecule has 3 aromatic rings. The van der Waals surface area contributed by atoms with Crippen LogP contribution in [0, 0.1) is 11.7 Å². The molecule has 8 heteroatoms. The number of H-pyrrole nitrogens is 1. The van der Waals surface area contributed by atoms with E-state index in [0.29, 0.717) is 26.2 Å². The molecule has 4 nitrogen and oxygen atoms in total. The van der Waals surface area contributed by atoms with Gasteiger partial charge in [-0.15, -0.1) is 11.3 Å². The van der Waals surface area contributed by atoms with Gasteiger partial charge in [0.25, 0.3) is 0 Å². The van der Waals surface area contributed by atoms with Crippen molar-refractivity contribution in [3.8, 4) is 11.4 Å². The first kappa shape index (κ1) is 15.4. The van der Waals surface area contributed by atoms with E-state index < -0.39 is 0 Å². The van der Waals surface area contributed by atoms with E-state index in [1.54, 1.807) is 40.4 Å². The molecule has 0 saturated heterocycles. The summed E-state index contributed by atoms with van der Waals surface area (Å²) in [5.74, 6) is 0.538. The lowest BCUT2D eigenvalue weighted by molar-refractivity contribution is 0.872.